The zero-order valence-electron chi connectivity index (χ0n) is 25.6. The summed E-state index contributed by atoms with van der Waals surface area (Å²) < 4.78 is 11.2. The number of hydrogen-bond acceptors (Lipinski definition) is 8. The number of nitrogens with zero attached hydrogens (tertiary/aromatic N) is 6. The third-order valence-corrected chi connectivity index (χ3v) is 8.90. The lowest BCUT2D eigenvalue weighted by Crippen LogP contribution is -2.32. The Bertz CT molecular complexity index is 1640. The highest BCUT2D eigenvalue weighted by Gasteiger charge is 2.36. The molecule has 2 amide bonds. The van der Waals surface area contributed by atoms with Gasteiger partial charge in [-0.05, 0) is 73.9 Å². The molecule has 3 aromatic carbocycles. The number of benzene rings is 3. The molecule has 2 aliphatic heterocycles. The average molecular weight is 617 g/mol. The van der Waals surface area contributed by atoms with Gasteiger partial charge in [-0.3, -0.25) is 9.59 Å². The lowest BCUT2D eigenvalue weighted by Gasteiger charge is -2.23. The van der Waals surface area contributed by atoms with Crippen molar-refractivity contribution < 1.29 is 18.6 Å². The van der Waals surface area contributed by atoms with Crippen LogP contribution >= 0.6 is 0 Å². The second-order valence-electron chi connectivity index (χ2n) is 12.0. The van der Waals surface area contributed by atoms with Crippen molar-refractivity contribution in [2.24, 2.45) is 0 Å². The van der Waals surface area contributed by atoms with Gasteiger partial charge in [0.2, 0.25) is 11.8 Å². The Morgan fingerprint density at radius 3 is 1.41 bits per heavy atom. The molecule has 46 heavy (non-hydrogen) atoms. The third-order valence-electron chi connectivity index (χ3n) is 8.90. The van der Waals surface area contributed by atoms with Crippen LogP contribution in [0.15, 0.2) is 94.0 Å². The molecule has 2 aromatic heterocycles. The Morgan fingerprint density at radius 2 is 1.00 bits per heavy atom. The summed E-state index contributed by atoms with van der Waals surface area (Å²) in [5, 5.41) is 8.36. The highest BCUT2D eigenvalue weighted by atomic mass is 16.5. The molecule has 2 saturated heterocycles. The Hall–Kier alpha value is -5.12. The zero-order valence-corrected chi connectivity index (χ0v) is 25.6. The number of aryl methyl sites for hydroxylation is 4. The summed E-state index contributed by atoms with van der Waals surface area (Å²) in [7, 11) is 0. The smallest absolute Gasteiger partial charge is 0.254 e. The molecular weight excluding hydrogens is 580 g/mol. The second-order valence-corrected chi connectivity index (χ2v) is 12.0. The van der Waals surface area contributed by atoms with Crippen LogP contribution in [-0.2, 0) is 25.7 Å². The predicted octanol–water partition coefficient (Wildman–Crippen LogP) is 5.98. The van der Waals surface area contributed by atoms with Gasteiger partial charge in [0.15, 0.2) is 11.6 Å². The van der Waals surface area contributed by atoms with E-state index in [9.17, 15) is 9.59 Å². The maximum atomic E-state index is 13.6. The highest BCUT2D eigenvalue weighted by molar-refractivity contribution is 5.98. The molecule has 0 bridgehead atoms. The number of carbonyl (C=O) groups is 2. The first-order valence-corrected chi connectivity index (χ1v) is 16.1. The standard InChI is InChI=1S/C36H36N6O4/c43-35(41-23-7-13-29(41)33-37-31(39-45-33)21-15-25-9-3-1-4-10-25)27-17-19-28(20-18-27)36(44)42-24-8-14-30(42)34-38-32(40-46-34)22-16-26-11-5-2-6-12-26/h1-6,9-12,17-20,29-30H,7-8,13-16,21-24H2/t29-,30-/m0/s1. The first kappa shape index (κ1) is 29.6. The summed E-state index contributed by atoms with van der Waals surface area (Å²) in [6.45, 7) is 1.22. The number of likely N-dealkylation sites (tertiary alicyclic amines) is 2. The SMILES string of the molecule is O=C(c1ccc(C(=O)N2CCC[C@H]2c2nc(CCc3ccccc3)no2)cc1)N1CCC[C@H]1c1nc(CCc2ccccc2)no1. The normalized spacial score (nSPS) is 17.9. The van der Waals surface area contributed by atoms with Gasteiger partial charge in [-0.25, -0.2) is 0 Å². The monoisotopic (exact) mass is 616 g/mol. The number of aromatic nitrogens is 4. The highest BCUT2D eigenvalue weighted by Crippen LogP contribution is 2.34. The quantitative estimate of drug-likeness (QED) is 0.188. The zero-order chi connectivity index (χ0) is 31.3. The number of rotatable bonds is 10. The molecule has 2 fully saturated rings. The van der Waals surface area contributed by atoms with Crippen molar-refractivity contribution >= 4 is 11.8 Å². The first-order valence-electron chi connectivity index (χ1n) is 16.1. The average Bonchev–Trinajstić information content (AvgIpc) is 3.94. The summed E-state index contributed by atoms with van der Waals surface area (Å²) in [6, 6.07) is 26.8. The van der Waals surface area contributed by atoms with Gasteiger partial charge in [0, 0.05) is 37.1 Å². The topological polar surface area (TPSA) is 118 Å². The van der Waals surface area contributed by atoms with Crippen LogP contribution in [0.1, 0.15) is 93.0 Å². The summed E-state index contributed by atoms with van der Waals surface area (Å²) in [5.41, 5.74) is 3.47. The molecule has 10 heteroatoms. The van der Waals surface area contributed by atoms with E-state index in [0.29, 0.717) is 60.5 Å². The van der Waals surface area contributed by atoms with Crippen molar-refractivity contribution in [3.05, 3.63) is 131 Å². The molecule has 0 radical (unpaired) electrons. The molecular formula is C36H36N6O4. The van der Waals surface area contributed by atoms with Crippen molar-refractivity contribution in [2.45, 2.75) is 63.5 Å². The number of carbonyl (C=O) groups excluding carboxylic acids is 2. The van der Waals surface area contributed by atoms with Gasteiger partial charge in [0.1, 0.15) is 12.1 Å². The summed E-state index contributed by atoms with van der Waals surface area (Å²) in [4.78, 5) is 40.0. The minimum atomic E-state index is -0.260. The number of amides is 2. The molecule has 234 valence electrons. The maximum absolute atomic E-state index is 13.6. The Morgan fingerprint density at radius 1 is 0.587 bits per heavy atom. The molecule has 10 nitrogen and oxygen atoms in total. The van der Waals surface area contributed by atoms with E-state index in [1.165, 1.54) is 11.1 Å². The van der Waals surface area contributed by atoms with E-state index in [-0.39, 0.29) is 23.9 Å². The molecule has 4 heterocycles. The molecule has 2 aliphatic rings. The van der Waals surface area contributed by atoms with Crippen LogP contribution in [-0.4, -0.2) is 55.0 Å². The lowest BCUT2D eigenvalue weighted by atomic mass is 10.1. The maximum Gasteiger partial charge on any atom is 0.254 e. The van der Waals surface area contributed by atoms with Crippen LogP contribution in [0.25, 0.3) is 0 Å². The van der Waals surface area contributed by atoms with Gasteiger partial charge in [0.25, 0.3) is 11.8 Å². The van der Waals surface area contributed by atoms with E-state index >= 15 is 0 Å². The van der Waals surface area contributed by atoms with E-state index in [1.807, 2.05) is 36.4 Å². The second kappa shape index (κ2) is 13.5. The van der Waals surface area contributed by atoms with Gasteiger partial charge in [-0.1, -0.05) is 71.0 Å². The fourth-order valence-electron chi connectivity index (χ4n) is 6.43. The Kier molecular flexibility index (Phi) is 8.67. The van der Waals surface area contributed by atoms with Crippen molar-refractivity contribution in [1.29, 1.82) is 0 Å². The molecule has 2 atom stereocenters. The number of hydrogen-bond donors (Lipinski definition) is 0. The van der Waals surface area contributed by atoms with Gasteiger partial charge in [0.05, 0.1) is 0 Å². The summed E-state index contributed by atoms with van der Waals surface area (Å²) in [6.07, 6.45) is 6.23. The van der Waals surface area contributed by atoms with Crippen molar-refractivity contribution in [1.82, 2.24) is 30.1 Å². The fraction of sp³-hybridized carbons (Fsp3) is 0.333. The van der Waals surface area contributed by atoms with Crippen LogP contribution in [0, 0.1) is 0 Å². The molecule has 0 saturated carbocycles. The lowest BCUT2D eigenvalue weighted by molar-refractivity contribution is 0.0698. The van der Waals surface area contributed by atoms with E-state index in [4.69, 9.17) is 9.05 Å². The van der Waals surface area contributed by atoms with E-state index < -0.39 is 0 Å². The van der Waals surface area contributed by atoms with Gasteiger partial charge in [-0.2, -0.15) is 9.97 Å². The summed E-state index contributed by atoms with van der Waals surface area (Å²) in [5.74, 6) is 2.02. The molecule has 0 N–H and O–H groups in total. The largest absolute Gasteiger partial charge is 0.337 e. The molecule has 7 rings (SSSR count). The van der Waals surface area contributed by atoms with Crippen molar-refractivity contribution in [3.8, 4) is 0 Å². The molecule has 0 aliphatic carbocycles. The molecule has 0 unspecified atom stereocenters. The van der Waals surface area contributed by atoms with Gasteiger partial charge < -0.3 is 18.8 Å². The minimum Gasteiger partial charge on any atom is -0.337 e. The van der Waals surface area contributed by atoms with E-state index in [0.717, 1.165) is 38.5 Å². The van der Waals surface area contributed by atoms with Crippen LogP contribution in [0.5, 0.6) is 0 Å². The van der Waals surface area contributed by atoms with Crippen LogP contribution < -0.4 is 0 Å². The third kappa shape index (κ3) is 6.47. The Balaban J connectivity index is 0.974. The molecule has 0 spiro atoms. The van der Waals surface area contributed by atoms with E-state index in [2.05, 4.69) is 44.5 Å². The first-order chi connectivity index (χ1) is 22.6. The fourth-order valence-corrected chi connectivity index (χ4v) is 6.43. The molecule has 5 aromatic rings. The van der Waals surface area contributed by atoms with Gasteiger partial charge >= 0.3 is 0 Å². The van der Waals surface area contributed by atoms with Crippen LogP contribution in [0.3, 0.4) is 0 Å². The predicted molar refractivity (Wildman–Crippen MR) is 169 cm³/mol. The van der Waals surface area contributed by atoms with Crippen LogP contribution in [0.4, 0.5) is 0 Å². The summed E-state index contributed by atoms with van der Waals surface area (Å²) >= 11 is 0. The minimum absolute atomic E-state index is 0.113. The Labute approximate surface area is 267 Å². The van der Waals surface area contributed by atoms with Crippen LogP contribution in [0.2, 0.25) is 0 Å². The van der Waals surface area contributed by atoms with E-state index in [1.54, 1.807) is 34.1 Å². The van der Waals surface area contributed by atoms with Crippen molar-refractivity contribution in [3.63, 3.8) is 0 Å². The van der Waals surface area contributed by atoms with Crippen molar-refractivity contribution in [2.75, 3.05) is 13.1 Å². The van der Waals surface area contributed by atoms with Gasteiger partial charge in [-0.15, -0.1) is 0 Å².